The highest BCUT2D eigenvalue weighted by Gasteiger charge is 2.33. The zero-order valence-corrected chi connectivity index (χ0v) is 17.0. The van der Waals surface area contributed by atoms with Crippen molar-refractivity contribution in [2.24, 2.45) is 0 Å². The molecule has 2 aromatic rings. The maximum Gasteiger partial charge on any atom is 0.306 e. The number of ether oxygens (including phenoxy) is 1. The SMILES string of the molecule is O=C(O)CCOc1ccc(/C=C2\SC(=S)N(NC(=O)c3cccc(O)c3)C2=O)cc1. The zero-order chi connectivity index (χ0) is 21.7. The number of phenolic OH excluding ortho intramolecular Hbond substituents is 1. The quantitative estimate of drug-likeness (QED) is 0.441. The number of nitrogens with one attached hydrogen (secondary N) is 1. The van der Waals surface area contributed by atoms with Crippen molar-refractivity contribution in [2.45, 2.75) is 6.42 Å². The smallest absolute Gasteiger partial charge is 0.306 e. The molecule has 0 aliphatic carbocycles. The van der Waals surface area contributed by atoms with E-state index in [2.05, 4.69) is 5.43 Å². The van der Waals surface area contributed by atoms with Crippen LogP contribution in [0.5, 0.6) is 11.5 Å². The van der Waals surface area contributed by atoms with Crippen LogP contribution in [0.2, 0.25) is 0 Å². The molecule has 3 N–H and O–H groups in total. The fraction of sp³-hybridized carbons (Fsp3) is 0.100. The van der Waals surface area contributed by atoms with Crippen molar-refractivity contribution in [2.75, 3.05) is 6.61 Å². The van der Waals surface area contributed by atoms with Crippen LogP contribution in [0.4, 0.5) is 0 Å². The molecule has 1 aliphatic rings. The number of nitrogens with zero attached hydrogens (tertiary/aromatic N) is 1. The highest BCUT2D eigenvalue weighted by atomic mass is 32.2. The van der Waals surface area contributed by atoms with Gasteiger partial charge in [-0.3, -0.25) is 19.8 Å². The first-order chi connectivity index (χ1) is 14.3. The van der Waals surface area contributed by atoms with Gasteiger partial charge in [-0.2, -0.15) is 5.01 Å². The molecule has 8 nitrogen and oxygen atoms in total. The van der Waals surface area contributed by atoms with Crippen LogP contribution in [0.25, 0.3) is 6.08 Å². The molecule has 2 aromatic carbocycles. The molecule has 154 valence electrons. The van der Waals surface area contributed by atoms with Gasteiger partial charge >= 0.3 is 5.97 Å². The molecular weight excluding hydrogens is 428 g/mol. The van der Waals surface area contributed by atoms with Gasteiger partial charge in [-0.15, -0.1) is 0 Å². The van der Waals surface area contributed by atoms with Gasteiger partial charge in [0, 0.05) is 5.56 Å². The molecule has 2 amide bonds. The van der Waals surface area contributed by atoms with Gasteiger partial charge in [0.05, 0.1) is 17.9 Å². The van der Waals surface area contributed by atoms with Gasteiger partial charge in [0.25, 0.3) is 11.8 Å². The maximum absolute atomic E-state index is 12.6. The summed E-state index contributed by atoms with van der Waals surface area (Å²) < 4.78 is 5.50. The molecule has 0 atom stereocenters. The van der Waals surface area contributed by atoms with Gasteiger partial charge in [0.2, 0.25) is 0 Å². The molecule has 0 bridgehead atoms. The van der Waals surface area contributed by atoms with E-state index in [4.69, 9.17) is 22.1 Å². The molecule has 30 heavy (non-hydrogen) atoms. The first-order valence-corrected chi connectivity index (χ1v) is 9.88. The van der Waals surface area contributed by atoms with Crippen LogP contribution in [0.15, 0.2) is 53.4 Å². The van der Waals surface area contributed by atoms with Crippen LogP contribution in [-0.4, -0.2) is 43.9 Å². The minimum absolute atomic E-state index is 0.0617. The van der Waals surface area contributed by atoms with Crippen LogP contribution >= 0.6 is 24.0 Å². The lowest BCUT2D eigenvalue weighted by atomic mass is 10.2. The van der Waals surface area contributed by atoms with Gasteiger partial charge in [-0.05, 0) is 54.2 Å². The molecular formula is C20H16N2O6S2. The third kappa shape index (κ3) is 5.37. The van der Waals surface area contributed by atoms with Gasteiger partial charge in [-0.1, -0.05) is 30.0 Å². The van der Waals surface area contributed by atoms with Crippen molar-refractivity contribution in [1.29, 1.82) is 0 Å². The lowest BCUT2D eigenvalue weighted by Crippen LogP contribution is -2.44. The predicted octanol–water partition coefficient (Wildman–Crippen LogP) is 2.79. The van der Waals surface area contributed by atoms with Crippen molar-refractivity contribution >= 4 is 52.2 Å². The summed E-state index contributed by atoms with van der Waals surface area (Å²) in [5.74, 6) is -1.54. The van der Waals surface area contributed by atoms with Crippen LogP contribution in [-0.2, 0) is 9.59 Å². The Morgan fingerprint density at radius 1 is 1.20 bits per heavy atom. The minimum Gasteiger partial charge on any atom is -0.508 e. The fourth-order valence-electron chi connectivity index (χ4n) is 2.45. The first kappa shape index (κ1) is 21.3. The molecule has 10 heteroatoms. The monoisotopic (exact) mass is 444 g/mol. The second-order valence-corrected chi connectivity index (χ2v) is 7.75. The average Bonchev–Trinajstić information content (AvgIpc) is 2.96. The zero-order valence-electron chi connectivity index (χ0n) is 15.4. The molecule has 3 rings (SSSR count). The molecule has 0 spiro atoms. The number of carbonyl (C=O) groups excluding carboxylic acids is 2. The number of aromatic hydroxyl groups is 1. The molecule has 0 aromatic heterocycles. The van der Waals surface area contributed by atoms with E-state index in [-0.39, 0.29) is 28.7 Å². The summed E-state index contributed by atoms with van der Waals surface area (Å²) in [7, 11) is 0. The number of carboxylic acid groups (broad SMARTS) is 1. The molecule has 0 unspecified atom stereocenters. The summed E-state index contributed by atoms with van der Waals surface area (Å²) in [5, 5.41) is 19.1. The number of hydrogen-bond acceptors (Lipinski definition) is 7. The second kappa shape index (κ2) is 9.42. The summed E-state index contributed by atoms with van der Waals surface area (Å²) in [6.45, 7) is 0.0617. The van der Waals surface area contributed by atoms with Crippen LogP contribution in [0.1, 0.15) is 22.3 Å². The Labute approximate surface area is 181 Å². The second-order valence-electron chi connectivity index (χ2n) is 6.07. The fourth-order valence-corrected chi connectivity index (χ4v) is 3.62. The lowest BCUT2D eigenvalue weighted by molar-refractivity contribution is -0.137. The van der Waals surface area contributed by atoms with Crippen molar-refractivity contribution in [1.82, 2.24) is 10.4 Å². The molecule has 0 saturated carbocycles. The number of hydrazine groups is 1. The van der Waals surface area contributed by atoms with Gasteiger partial charge in [-0.25, -0.2) is 0 Å². The van der Waals surface area contributed by atoms with Gasteiger partial charge in [0.1, 0.15) is 11.5 Å². The number of amides is 2. The van der Waals surface area contributed by atoms with E-state index in [1.807, 2.05) is 0 Å². The van der Waals surface area contributed by atoms with Gasteiger partial charge < -0.3 is 14.9 Å². The van der Waals surface area contributed by atoms with E-state index in [1.54, 1.807) is 30.3 Å². The minimum atomic E-state index is -0.940. The predicted molar refractivity (Wildman–Crippen MR) is 115 cm³/mol. The summed E-state index contributed by atoms with van der Waals surface area (Å²) in [6, 6.07) is 12.5. The van der Waals surface area contributed by atoms with E-state index < -0.39 is 17.8 Å². The maximum atomic E-state index is 12.6. The number of hydrogen-bond donors (Lipinski definition) is 3. The Morgan fingerprint density at radius 3 is 2.60 bits per heavy atom. The van der Waals surface area contributed by atoms with E-state index in [0.717, 1.165) is 16.8 Å². The summed E-state index contributed by atoms with van der Waals surface area (Å²) in [6.07, 6.45) is 1.53. The number of rotatable bonds is 7. The Balaban J connectivity index is 1.65. The van der Waals surface area contributed by atoms with E-state index in [0.29, 0.717) is 16.2 Å². The molecule has 1 fully saturated rings. The summed E-state index contributed by atoms with van der Waals surface area (Å²) >= 11 is 6.24. The van der Waals surface area contributed by atoms with Crippen molar-refractivity contribution in [3.8, 4) is 11.5 Å². The average molecular weight is 444 g/mol. The third-order valence-corrected chi connectivity index (χ3v) is 5.18. The van der Waals surface area contributed by atoms with Crippen molar-refractivity contribution in [3.63, 3.8) is 0 Å². The summed E-state index contributed by atoms with van der Waals surface area (Å²) in [4.78, 5) is 35.8. The first-order valence-electron chi connectivity index (χ1n) is 8.66. The number of thiocarbonyl (C=S) groups is 1. The number of benzene rings is 2. The topological polar surface area (TPSA) is 116 Å². The standard InChI is InChI=1S/C20H16N2O6S2/c23-14-3-1-2-13(11-14)18(26)21-22-19(27)16(30-20(22)29)10-12-4-6-15(7-5-12)28-9-8-17(24)25/h1-7,10-11,23H,8-9H2,(H,21,26)(H,24,25)/b16-10-. The largest absolute Gasteiger partial charge is 0.508 e. The molecule has 1 heterocycles. The highest BCUT2D eigenvalue weighted by molar-refractivity contribution is 8.26. The van der Waals surface area contributed by atoms with E-state index in [1.165, 1.54) is 24.3 Å². The van der Waals surface area contributed by atoms with Gasteiger partial charge in [0.15, 0.2) is 4.32 Å². The Morgan fingerprint density at radius 2 is 1.93 bits per heavy atom. The number of phenols is 1. The molecule has 0 radical (unpaired) electrons. The number of carboxylic acids is 1. The molecule has 1 saturated heterocycles. The Bertz CT molecular complexity index is 1040. The Hall–Kier alpha value is -3.37. The number of thioether (sulfide) groups is 1. The van der Waals surface area contributed by atoms with E-state index in [9.17, 15) is 19.5 Å². The van der Waals surface area contributed by atoms with Crippen LogP contribution < -0.4 is 10.2 Å². The number of carbonyl (C=O) groups is 3. The lowest BCUT2D eigenvalue weighted by Gasteiger charge is -2.15. The van der Waals surface area contributed by atoms with Crippen LogP contribution in [0.3, 0.4) is 0 Å². The number of aliphatic carboxylic acids is 1. The molecule has 1 aliphatic heterocycles. The Kier molecular flexibility index (Phi) is 6.70. The summed E-state index contributed by atoms with van der Waals surface area (Å²) in [5.41, 5.74) is 3.34. The van der Waals surface area contributed by atoms with Crippen molar-refractivity contribution in [3.05, 3.63) is 64.6 Å². The third-order valence-electron chi connectivity index (χ3n) is 3.88. The highest BCUT2D eigenvalue weighted by Crippen LogP contribution is 2.31. The van der Waals surface area contributed by atoms with E-state index >= 15 is 0 Å². The normalized spacial score (nSPS) is 14.8. The van der Waals surface area contributed by atoms with Crippen molar-refractivity contribution < 1.29 is 29.3 Å². The van der Waals surface area contributed by atoms with Crippen LogP contribution in [0, 0.1) is 0 Å².